The van der Waals surface area contributed by atoms with E-state index in [1.807, 2.05) is 0 Å². The number of rotatable bonds is 4. The lowest BCUT2D eigenvalue weighted by Crippen LogP contribution is -2.40. The maximum absolute atomic E-state index is 12.0. The number of nitrogens with zero attached hydrogens (tertiary/aromatic N) is 1. The number of carbonyl (C=O) groups excluding carboxylic acids is 1. The maximum atomic E-state index is 12.0. The highest BCUT2D eigenvalue weighted by Crippen LogP contribution is 2.33. The van der Waals surface area contributed by atoms with E-state index in [-0.39, 0.29) is 17.9 Å². The van der Waals surface area contributed by atoms with E-state index in [1.54, 1.807) is 11.9 Å². The van der Waals surface area contributed by atoms with Crippen LogP contribution in [0.25, 0.3) is 0 Å². The molecule has 1 N–H and O–H groups in total. The third kappa shape index (κ3) is 2.95. The summed E-state index contributed by atoms with van der Waals surface area (Å²) >= 11 is 0. The van der Waals surface area contributed by atoms with Crippen molar-refractivity contribution in [2.45, 2.75) is 31.8 Å². The summed E-state index contributed by atoms with van der Waals surface area (Å²) < 4.78 is 5.24. The van der Waals surface area contributed by atoms with Crippen molar-refractivity contribution in [1.29, 1.82) is 0 Å². The number of aliphatic hydroxyl groups excluding tert-OH is 1. The first-order valence-electron chi connectivity index (χ1n) is 6.19. The van der Waals surface area contributed by atoms with Crippen LogP contribution in [0, 0.1) is 11.8 Å². The zero-order valence-corrected chi connectivity index (χ0v) is 9.89. The summed E-state index contributed by atoms with van der Waals surface area (Å²) in [6.45, 7) is 1.87. The maximum Gasteiger partial charge on any atom is 0.225 e. The molecule has 0 aromatic carbocycles. The summed E-state index contributed by atoms with van der Waals surface area (Å²) in [5.74, 6) is 0.707. The van der Waals surface area contributed by atoms with Crippen LogP contribution in [-0.2, 0) is 9.53 Å². The number of ether oxygens (including phenoxy) is 1. The molecule has 0 aromatic rings. The monoisotopic (exact) mass is 227 g/mol. The first-order chi connectivity index (χ1) is 7.68. The average Bonchev–Trinajstić information content (AvgIpc) is 3.13. The van der Waals surface area contributed by atoms with Crippen LogP contribution < -0.4 is 0 Å². The predicted molar refractivity (Wildman–Crippen MR) is 59.9 cm³/mol. The van der Waals surface area contributed by atoms with Gasteiger partial charge >= 0.3 is 0 Å². The number of likely N-dealkylation sites (N-methyl/N-ethyl adjacent to an activating group) is 1. The third-order valence-corrected chi connectivity index (χ3v) is 3.57. The first-order valence-corrected chi connectivity index (χ1v) is 6.19. The van der Waals surface area contributed by atoms with Crippen LogP contribution in [0.2, 0.25) is 0 Å². The standard InChI is InChI=1S/C12H21NO3/c1-13(8-11(14)9-2-3-9)12(15)10-4-6-16-7-5-10/h9-11,14H,2-8H2,1H3. The Morgan fingerprint density at radius 1 is 1.38 bits per heavy atom. The molecule has 0 radical (unpaired) electrons. The highest BCUT2D eigenvalue weighted by molar-refractivity contribution is 5.78. The Kier molecular flexibility index (Phi) is 3.82. The van der Waals surface area contributed by atoms with Crippen molar-refractivity contribution in [3.05, 3.63) is 0 Å². The second kappa shape index (κ2) is 5.15. The van der Waals surface area contributed by atoms with Gasteiger partial charge in [-0.05, 0) is 31.6 Å². The van der Waals surface area contributed by atoms with Crippen LogP contribution in [0.4, 0.5) is 0 Å². The third-order valence-electron chi connectivity index (χ3n) is 3.57. The van der Waals surface area contributed by atoms with Crippen LogP contribution in [0.5, 0.6) is 0 Å². The van der Waals surface area contributed by atoms with E-state index in [9.17, 15) is 9.90 Å². The molecule has 2 rings (SSSR count). The summed E-state index contributed by atoms with van der Waals surface area (Å²) in [6.07, 6.45) is 3.54. The quantitative estimate of drug-likeness (QED) is 0.767. The topological polar surface area (TPSA) is 49.8 Å². The fourth-order valence-corrected chi connectivity index (χ4v) is 2.26. The van der Waals surface area contributed by atoms with Crippen LogP contribution in [-0.4, -0.2) is 48.8 Å². The summed E-state index contributed by atoms with van der Waals surface area (Å²) in [4.78, 5) is 13.7. The fraction of sp³-hybridized carbons (Fsp3) is 0.917. The molecule has 1 aliphatic heterocycles. The molecule has 1 amide bonds. The normalized spacial score (nSPS) is 24.1. The molecule has 1 atom stereocenters. The summed E-state index contributed by atoms with van der Waals surface area (Å²) in [7, 11) is 1.80. The molecule has 1 saturated heterocycles. The van der Waals surface area contributed by atoms with E-state index < -0.39 is 0 Å². The molecule has 0 aromatic heterocycles. The zero-order valence-electron chi connectivity index (χ0n) is 9.89. The minimum atomic E-state index is -0.325. The van der Waals surface area contributed by atoms with E-state index in [0.717, 1.165) is 25.7 Å². The van der Waals surface area contributed by atoms with Gasteiger partial charge in [0.15, 0.2) is 0 Å². The Labute approximate surface area is 96.6 Å². The van der Waals surface area contributed by atoms with Gasteiger partial charge in [-0.1, -0.05) is 0 Å². The highest BCUT2D eigenvalue weighted by atomic mass is 16.5. The predicted octanol–water partition coefficient (Wildman–Crippen LogP) is 0.642. The van der Waals surface area contributed by atoms with Crippen molar-refractivity contribution < 1.29 is 14.6 Å². The van der Waals surface area contributed by atoms with Gasteiger partial charge in [0.25, 0.3) is 0 Å². The molecule has 2 fully saturated rings. The fourth-order valence-electron chi connectivity index (χ4n) is 2.26. The minimum Gasteiger partial charge on any atom is -0.391 e. The number of aliphatic hydroxyl groups is 1. The Morgan fingerprint density at radius 3 is 2.56 bits per heavy atom. The average molecular weight is 227 g/mol. The lowest BCUT2D eigenvalue weighted by atomic mass is 9.98. The molecule has 2 aliphatic rings. The minimum absolute atomic E-state index is 0.102. The van der Waals surface area contributed by atoms with Crippen molar-refractivity contribution in [2.75, 3.05) is 26.8 Å². The van der Waals surface area contributed by atoms with E-state index in [2.05, 4.69) is 0 Å². The Bertz CT molecular complexity index is 247. The van der Waals surface area contributed by atoms with Gasteiger partial charge in [-0.15, -0.1) is 0 Å². The molecule has 1 heterocycles. The Morgan fingerprint density at radius 2 is 2.00 bits per heavy atom. The van der Waals surface area contributed by atoms with Crippen molar-refractivity contribution in [3.63, 3.8) is 0 Å². The molecule has 0 spiro atoms. The molecular weight excluding hydrogens is 206 g/mol. The van der Waals surface area contributed by atoms with Gasteiger partial charge in [-0.3, -0.25) is 4.79 Å². The van der Waals surface area contributed by atoms with Gasteiger partial charge in [0.05, 0.1) is 6.10 Å². The molecule has 1 saturated carbocycles. The van der Waals surface area contributed by atoms with Crippen LogP contribution in [0.15, 0.2) is 0 Å². The smallest absolute Gasteiger partial charge is 0.225 e. The molecule has 1 unspecified atom stereocenters. The molecular formula is C12H21NO3. The Hall–Kier alpha value is -0.610. The van der Waals surface area contributed by atoms with Gasteiger partial charge in [0.1, 0.15) is 0 Å². The zero-order chi connectivity index (χ0) is 11.5. The van der Waals surface area contributed by atoms with Gasteiger partial charge < -0.3 is 14.7 Å². The van der Waals surface area contributed by atoms with Crippen LogP contribution in [0.1, 0.15) is 25.7 Å². The molecule has 0 bridgehead atoms. The number of hydrogen-bond donors (Lipinski definition) is 1. The summed E-state index contributed by atoms with van der Waals surface area (Å²) in [6, 6.07) is 0. The largest absolute Gasteiger partial charge is 0.391 e. The van der Waals surface area contributed by atoms with Gasteiger partial charge in [-0.25, -0.2) is 0 Å². The summed E-state index contributed by atoms with van der Waals surface area (Å²) in [5.41, 5.74) is 0. The second-order valence-electron chi connectivity index (χ2n) is 5.01. The number of hydrogen-bond acceptors (Lipinski definition) is 3. The molecule has 16 heavy (non-hydrogen) atoms. The van der Waals surface area contributed by atoms with Crippen LogP contribution >= 0.6 is 0 Å². The molecule has 4 heteroatoms. The number of amides is 1. The molecule has 92 valence electrons. The summed E-state index contributed by atoms with van der Waals surface area (Å²) in [5, 5.41) is 9.79. The molecule has 1 aliphatic carbocycles. The van der Waals surface area contributed by atoms with E-state index in [1.165, 1.54) is 0 Å². The van der Waals surface area contributed by atoms with E-state index >= 15 is 0 Å². The first kappa shape index (κ1) is 11.9. The second-order valence-corrected chi connectivity index (χ2v) is 5.01. The van der Waals surface area contributed by atoms with Crippen molar-refractivity contribution in [3.8, 4) is 0 Å². The Balaban J connectivity index is 1.78. The van der Waals surface area contributed by atoms with Crippen LogP contribution in [0.3, 0.4) is 0 Å². The molecule has 4 nitrogen and oxygen atoms in total. The van der Waals surface area contributed by atoms with Gasteiger partial charge in [-0.2, -0.15) is 0 Å². The van der Waals surface area contributed by atoms with Gasteiger partial charge in [0.2, 0.25) is 5.91 Å². The van der Waals surface area contributed by atoms with Gasteiger partial charge in [0, 0.05) is 32.7 Å². The van der Waals surface area contributed by atoms with E-state index in [0.29, 0.717) is 25.7 Å². The SMILES string of the molecule is CN(CC(O)C1CC1)C(=O)C1CCOCC1. The lowest BCUT2D eigenvalue weighted by molar-refractivity contribution is -0.138. The van der Waals surface area contributed by atoms with Crippen molar-refractivity contribution >= 4 is 5.91 Å². The van der Waals surface area contributed by atoms with Crippen molar-refractivity contribution in [1.82, 2.24) is 4.90 Å². The van der Waals surface area contributed by atoms with E-state index in [4.69, 9.17) is 4.74 Å². The number of carbonyl (C=O) groups is 1. The lowest BCUT2D eigenvalue weighted by Gasteiger charge is -2.27. The highest BCUT2D eigenvalue weighted by Gasteiger charge is 2.32. The van der Waals surface area contributed by atoms with Crippen molar-refractivity contribution in [2.24, 2.45) is 11.8 Å².